The molecule has 0 aliphatic rings. The topological polar surface area (TPSA) is 22.1 Å². The van der Waals surface area contributed by atoms with E-state index in [4.69, 9.17) is 12.6 Å². The molecule has 0 amide bonds. The number of para-hydroxylation sites is 1. The highest BCUT2D eigenvalue weighted by molar-refractivity contribution is 6.32. The van der Waals surface area contributed by atoms with Gasteiger partial charge in [-0.05, 0) is 23.8 Å². The molecule has 1 heterocycles. The van der Waals surface area contributed by atoms with Gasteiger partial charge in [-0.1, -0.05) is 54.0 Å². The minimum Gasteiger partial charge on any atom is -0.494 e. The molecule has 0 spiro atoms. The summed E-state index contributed by atoms with van der Waals surface area (Å²) in [6.07, 6.45) is 4.00. The summed E-state index contributed by atoms with van der Waals surface area (Å²) in [5.41, 5.74) is 3.62. The Hall–Kier alpha value is -2.55. The van der Waals surface area contributed by atoms with Crippen LogP contribution in [0.25, 0.3) is 23.1 Å². The lowest BCUT2D eigenvalue weighted by molar-refractivity contribution is 0.419. The molecule has 3 heteroatoms. The fourth-order valence-corrected chi connectivity index (χ4v) is 2.18. The van der Waals surface area contributed by atoms with Crippen LogP contribution in [0.5, 0.6) is 5.75 Å². The second kappa shape index (κ2) is 5.84. The van der Waals surface area contributed by atoms with E-state index in [2.05, 4.69) is 4.98 Å². The highest BCUT2D eigenvalue weighted by Crippen LogP contribution is 2.23. The predicted octanol–water partition coefficient (Wildman–Crippen LogP) is 3.21. The smallest absolute Gasteiger partial charge is 0.145 e. The lowest BCUT2D eigenvalue weighted by atomic mass is 9.95. The van der Waals surface area contributed by atoms with E-state index in [-0.39, 0.29) is 0 Å². The lowest BCUT2D eigenvalue weighted by Crippen LogP contribution is -1.98. The molecule has 2 radical (unpaired) electrons. The molecule has 100 valence electrons. The van der Waals surface area contributed by atoms with Gasteiger partial charge in [0.25, 0.3) is 0 Å². The molecule has 21 heavy (non-hydrogen) atoms. The summed E-state index contributed by atoms with van der Waals surface area (Å²) >= 11 is 0. The van der Waals surface area contributed by atoms with Crippen LogP contribution in [0.4, 0.5) is 0 Å². The molecule has 0 unspecified atom stereocenters. The van der Waals surface area contributed by atoms with E-state index in [1.807, 2.05) is 66.7 Å². The first-order valence-electron chi connectivity index (χ1n) is 6.74. The minimum absolute atomic E-state index is 0.765. The highest BCUT2D eigenvalue weighted by Gasteiger charge is 2.02. The number of benzene rings is 2. The number of hydrogen-bond donors (Lipinski definition) is 0. The fraction of sp³-hybridized carbons (Fsp3) is 0.0556. The van der Waals surface area contributed by atoms with Crippen molar-refractivity contribution < 1.29 is 4.74 Å². The Morgan fingerprint density at radius 1 is 0.952 bits per heavy atom. The molecular formula is C18H14BNO. The number of aromatic nitrogens is 1. The molecule has 0 saturated carbocycles. The predicted molar refractivity (Wildman–Crippen MR) is 89.1 cm³/mol. The average molecular weight is 271 g/mol. The molecule has 2 aromatic carbocycles. The van der Waals surface area contributed by atoms with Gasteiger partial charge in [0.05, 0.1) is 12.8 Å². The summed E-state index contributed by atoms with van der Waals surface area (Å²) in [6.45, 7) is 0. The molecule has 0 saturated heterocycles. The van der Waals surface area contributed by atoms with E-state index < -0.39 is 0 Å². The van der Waals surface area contributed by atoms with Crippen LogP contribution in [0.3, 0.4) is 0 Å². The van der Waals surface area contributed by atoms with Gasteiger partial charge < -0.3 is 4.74 Å². The van der Waals surface area contributed by atoms with Gasteiger partial charge >= 0.3 is 0 Å². The number of methoxy groups -OCH3 is 1. The molecule has 0 atom stereocenters. The van der Waals surface area contributed by atoms with E-state index in [9.17, 15) is 0 Å². The van der Waals surface area contributed by atoms with Crippen molar-refractivity contribution in [2.45, 2.75) is 0 Å². The third kappa shape index (κ3) is 2.97. The lowest BCUT2D eigenvalue weighted by Gasteiger charge is -2.05. The largest absolute Gasteiger partial charge is 0.494 e. The third-order valence-corrected chi connectivity index (χ3v) is 3.31. The van der Waals surface area contributed by atoms with E-state index in [1.165, 1.54) is 0 Å². The maximum Gasteiger partial charge on any atom is 0.145 e. The maximum atomic E-state index is 5.68. The number of hydrogen-bond acceptors (Lipinski definition) is 2. The van der Waals surface area contributed by atoms with Gasteiger partial charge in [0.1, 0.15) is 19.1 Å². The molecule has 2 nitrogen and oxygen atoms in total. The van der Waals surface area contributed by atoms with Gasteiger partial charge in [-0.15, -0.1) is 0 Å². The van der Waals surface area contributed by atoms with Crippen molar-refractivity contribution in [2.75, 3.05) is 7.11 Å². The van der Waals surface area contributed by atoms with E-state index in [0.717, 1.165) is 33.4 Å². The number of pyridine rings is 1. The molecular weight excluding hydrogens is 257 g/mol. The van der Waals surface area contributed by atoms with Crippen LogP contribution in [0, 0.1) is 0 Å². The second-order valence-corrected chi connectivity index (χ2v) is 4.77. The number of rotatable bonds is 3. The van der Waals surface area contributed by atoms with Crippen molar-refractivity contribution >= 4 is 36.4 Å². The van der Waals surface area contributed by atoms with Crippen molar-refractivity contribution in [1.29, 1.82) is 0 Å². The van der Waals surface area contributed by atoms with Gasteiger partial charge in [0.2, 0.25) is 0 Å². The Kier molecular flexibility index (Phi) is 3.74. The molecule has 1 aromatic heterocycles. The van der Waals surface area contributed by atoms with E-state index >= 15 is 0 Å². The molecule has 0 aliphatic carbocycles. The molecule has 0 fully saturated rings. The van der Waals surface area contributed by atoms with Crippen LogP contribution >= 0.6 is 0 Å². The van der Waals surface area contributed by atoms with Crippen molar-refractivity contribution in [3.8, 4) is 5.75 Å². The zero-order chi connectivity index (χ0) is 14.7. The van der Waals surface area contributed by atoms with E-state index in [0.29, 0.717) is 0 Å². The zero-order valence-corrected chi connectivity index (χ0v) is 11.8. The van der Waals surface area contributed by atoms with Crippen LogP contribution < -0.4 is 10.2 Å². The highest BCUT2D eigenvalue weighted by atomic mass is 16.5. The molecule has 3 rings (SSSR count). The Balaban J connectivity index is 1.95. The van der Waals surface area contributed by atoms with Crippen molar-refractivity contribution in [1.82, 2.24) is 4.98 Å². The summed E-state index contributed by atoms with van der Waals surface area (Å²) in [4.78, 5) is 4.64. The standard InChI is InChI=1S/C18H14BNO/c1-21-17-4-2-3-14-8-12-16(20-18(14)17)11-7-13-5-9-15(19)10-6-13/h2-12H,1H3/b11-7+. The summed E-state index contributed by atoms with van der Waals surface area (Å²) in [5, 5.41) is 1.07. The summed E-state index contributed by atoms with van der Waals surface area (Å²) < 4.78 is 5.36. The van der Waals surface area contributed by atoms with Gasteiger partial charge in [0, 0.05) is 5.39 Å². The van der Waals surface area contributed by atoms with Crippen LogP contribution in [-0.2, 0) is 0 Å². The molecule has 0 N–H and O–H groups in total. The van der Waals surface area contributed by atoms with Crippen LogP contribution in [0.15, 0.2) is 54.6 Å². The monoisotopic (exact) mass is 271 g/mol. The van der Waals surface area contributed by atoms with Gasteiger partial charge in [-0.2, -0.15) is 0 Å². The molecule has 0 bridgehead atoms. The van der Waals surface area contributed by atoms with Crippen LogP contribution in [-0.4, -0.2) is 19.9 Å². The van der Waals surface area contributed by atoms with E-state index in [1.54, 1.807) is 7.11 Å². The Bertz CT molecular complexity index is 794. The summed E-state index contributed by atoms with van der Waals surface area (Å²) in [7, 11) is 7.34. The number of fused-ring (bicyclic) bond motifs is 1. The molecule has 3 aromatic rings. The first kappa shape index (κ1) is 13.4. The van der Waals surface area contributed by atoms with Gasteiger partial charge in [-0.25, -0.2) is 4.98 Å². The maximum absolute atomic E-state index is 5.68. The second-order valence-electron chi connectivity index (χ2n) is 4.77. The first-order chi connectivity index (χ1) is 10.3. The zero-order valence-electron chi connectivity index (χ0n) is 11.8. The Labute approximate surface area is 125 Å². The van der Waals surface area contributed by atoms with Gasteiger partial charge in [0.15, 0.2) is 0 Å². The average Bonchev–Trinajstić information content (AvgIpc) is 2.53. The fourth-order valence-electron chi connectivity index (χ4n) is 2.18. The number of ether oxygens (including phenoxy) is 1. The van der Waals surface area contributed by atoms with Crippen molar-refractivity contribution in [3.05, 3.63) is 65.9 Å². The minimum atomic E-state index is 0.765. The quantitative estimate of drug-likeness (QED) is 0.682. The van der Waals surface area contributed by atoms with Crippen molar-refractivity contribution in [2.24, 2.45) is 0 Å². The Morgan fingerprint density at radius 3 is 2.52 bits per heavy atom. The van der Waals surface area contributed by atoms with Crippen molar-refractivity contribution in [3.63, 3.8) is 0 Å². The molecule has 0 aliphatic heterocycles. The third-order valence-electron chi connectivity index (χ3n) is 3.31. The summed E-state index contributed by atoms with van der Waals surface area (Å²) in [5.74, 6) is 0.787. The normalized spacial score (nSPS) is 11.1. The number of nitrogens with zero attached hydrogens (tertiary/aromatic N) is 1. The van der Waals surface area contributed by atoms with Crippen LogP contribution in [0.1, 0.15) is 11.3 Å². The van der Waals surface area contributed by atoms with Crippen LogP contribution in [0.2, 0.25) is 0 Å². The Morgan fingerprint density at radius 2 is 1.76 bits per heavy atom. The van der Waals surface area contributed by atoms with Gasteiger partial charge in [-0.3, -0.25) is 0 Å². The summed E-state index contributed by atoms with van der Waals surface area (Å²) in [6, 6.07) is 17.7. The first-order valence-corrected chi connectivity index (χ1v) is 6.74. The SMILES string of the molecule is [B]c1ccc(/C=C/c2ccc3cccc(OC)c3n2)cc1.